The van der Waals surface area contributed by atoms with E-state index in [0.29, 0.717) is 18.9 Å². The van der Waals surface area contributed by atoms with Crippen molar-refractivity contribution >= 4 is 24.0 Å². The maximum absolute atomic E-state index is 11.8. The van der Waals surface area contributed by atoms with Crippen molar-refractivity contribution in [2.24, 2.45) is 0 Å². The van der Waals surface area contributed by atoms with E-state index in [0.717, 1.165) is 24.2 Å². The quantitative estimate of drug-likeness (QED) is 0.754. The molecule has 1 aromatic carbocycles. The lowest BCUT2D eigenvalue weighted by Gasteiger charge is -2.10. The smallest absolute Gasteiger partial charge is 0.224 e. The van der Waals surface area contributed by atoms with Crippen LogP contribution >= 0.6 is 12.4 Å². The van der Waals surface area contributed by atoms with E-state index in [2.05, 4.69) is 10.6 Å². The molecule has 1 aliphatic rings. The van der Waals surface area contributed by atoms with Crippen molar-refractivity contribution in [3.05, 3.63) is 29.8 Å². The number of aliphatic hydroxyl groups is 1. The highest BCUT2D eigenvalue weighted by atomic mass is 35.5. The molecule has 1 saturated heterocycles. The van der Waals surface area contributed by atoms with Gasteiger partial charge < -0.3 is 15.7 Å². The summed E-state index contributed by atoms with van der Waals surface area (Å²) in [5.74, 6) is 0.0728. The van der Waals surface area contributed by atoms with Crippen LogP contribution in [-0.2, 0) is 11.2 Å². The molecule has 0 saturated carbocycles. The molecule has 5 heteroatoms. The lowest BCUT2D eigenvalue weighted by Crippen LogP contribution is -2.23. The Labute approximate surface area is 126 Å². The van der Waals surface area contributed by atoms with Crippen molar-refractivity contribution in [3.63, 3.8) is 0 Å². The molecule has 4 nitrogen and oxygen atoms in total. The zero-order chi connectivity index (χ0) is 13.5. The first-order chi connectivity index (χ1) is 9.28. The Bertz CT molecular complexity index is 403. The predicted octanol–water partition coefficient (Wildman–Crippen LogP) is 2.11. The number of nitrogens with one attached hydrogen (secondary N) is 2. The van der Waals surface area contributed by atoms with Gasteiger partial charge in [-0.15, -0.1) is 12.4 Å². The number of hydrogen-bond acceptors (Lipinski definition) is 3. The molecular weight excluding hydrogens is 276 g/mol. The third kappa shape index (κ3) is 5.49. The summed E-state index contributed by atoms with van der Waals surface area (Å²) in [4.78, 5) is 11.8. The van der Waals surface area contributed by atoms with Crippen LogP contribution in [-0.4, -0.2) is 30.2 Å². The first-order valence-corrected chi connectivity index (χ1v) is 7.01. The summed E-state index contributed by atoms with van der Waals surface area (Å²) in [6.45, 7) is 1.23. The topological polar surface area (TPSA) is 61.4 Å². The first-order valence-electron chi connectivity index (χ1n) is 7.01. The number of halogens is 1. The van der Waals surface area contributed by atoms with Gasteiger partial charge in [0, 0.05) is 24.8 Å². The fourth-order valence-electron chi connectivity index (χ4n) is 2.42. The van der Waals surface area contributed by atoms with Crippen LogP contribution in [0.25, 0.3) is 0 Å². The van der Waals surface area contributed by atoms with E-state index in [9.17, 15) is 4.79 Å². The number of carbonyl (C=O) groups excluding carboxylic acids is 1. The largest absolute Gasteiger partial charge is 0.396 e. The number of carbonyl (C=O) groups is 1. The van der Waals surface area contributed by atoms with Crippen LogP contribution in [0.5, 0.6) is 0 Å². The number of hydrogen-bond donors (Lipinski definition) is 3. The Morgan fingerprint density at radius 1 is 1.35 bits per heavy atom. The summed E-state index contributed by atoms with van der Waals surface area (Å²) in [6.07, 6.45) is 4.54. The minimum atomic E-state index is 0. The van der Waals surface area contributed by atoms with Crippen molar-refractivity contribution in [2.45, 2.75) is 38.1 Å². The van der Waals surface area contributed by atoms with E-state index < -0.39 is 0 Å². The fourth-order valence-corrected chi connectivity index (χ4v) is 2.42. The average Bonchev–Trinajstić information content (AvgIpc) is 2.92. The third-order valence-corrected chi connectivity index (χ3v) is 3.52. The molecule has 1 atom stereocenters. The Hall–Kier alpha value is -1.10. The van der Waals surface area contributed by atoms with Crippen molar-refractivity contribution < 1.29 is 9.90 Å². The molecule has 1 fully saturated rings. The van der Waals surface area contributed by atoms with E-state index >= 15 is 0 Å². The SMILES string of the molecule is Cl.O=C(CCC1CCCN1)Nc1ccc(CCO)cc1. The van der Waals surface area contributed by atoms with Crippen LogP contribution < -0.4 is 10.6 Å². The molecule has 0 radical (unpaired) electrons. The van der Waals surface area contributed by atoms with Crippen LogP contribution in [0.3, 0.4) is 0 Å². The van der Waals surface area contributed by atoms with Crippen molar-refractivity contribution in [2.75, 3.05) is 18.5 Å². The molecule has 1 amide bonds. The summed E-state index contributed by atoms with van der Waals surface area (Å²) in [5.41, 5.74) is 1.90. The molecule has 2 rings (SSSR count). The van der Waals surface area contributed by atoms with E-state index in [4.69, 9.17) is 5.11 Å². The molecule has 1 aliphatic heterocycles. The van der Waals surface area contributed by atoms with Crippen molar-refractivity contribution in [1.82, 2.24) is 5.32 Å². The van der Waals surface area contributed by atoms with E-state index in [1.807, 2.05) is 24.3 Å². The molecule has 0 spiro atoms. The zero-order valence-electron chi connectivity index (χ0n) is 11.6. The van der Waals surface area contributed by atoms with Gasteiger partial charge in [0.05, 0.1) is 0 Å². The van der Waals surface area contributed by atoms with E-state index in [1.165, 1.54) is 12.8 Å². The van der Waals surface area contributed by atoms with Gasteiger partial charge >= 0.3 is 0 Å². The summed E-state index contributed by atoms with van der Waals surface area (Å²) in [6, 6.07) is 8.15. The van der Waals surface area contributed by atoms with Crippen LogP contribution in [0, 0.1) is 0 Å². The Morgan fingerprint density at radius 2 is 2.10 bits per heavy atom. The molecule has 112 valence electrons. The van der Waals surface area contributed by atoms with Gasteiger partial charge in [-0.05, 0) is 49.9 Å². The summed E-state index contributed by atoms with van der Waals surface area (Å²) < 4.78 is 0. The molecule has 0 aliphatic carbocycles. The predicted molar refractivity (Wildman–Crippen MR) is 83.4 cm³/mol. The normalized spacial score (nSPS) is 17.6. The van der Waals surface area contributed by atoms with Crippen LogP contribution in [0.4, 0.5) is 5.69 Å². The molecule has 0 aromatic heterocycles. The second-order valence-electron chi connectivity index (χ2n) is 5.05. The molecule has 20 heavy (non-hydrogen) atoms. The van der Waals surface area contributed by atoms with Crippen molar-refractivity contribution in [1.29, 1.82) is 0 Å². The van der Waals surface area contributed by atoms with Gasteiger partial charge in [0.15, 0.2) is 0 Å². The molecule has 1 unspecified atom stereocenters. The van der Waals surface area contributed by atoms with Crippen LogP contribution in [0.15, 0.2) is 24.3 Å². The molecule has 3 N–H and O–H groups in total. The third-order valence-electron chi connectivity index (χ3n) is 3.52. The molecule has 0 bridgehead atoms. The second kappa shape index (κ2) is 8.95. The maximum atomic E-state index is 11.8. The minimum absolute atomic E-state index is 0. The number of benzene rings is 1. The van der Waals surface area contributed by atoms with Gasteiger partial charge in [0.1, 0.15) is 0 Å². The van der Waals surface area contributed by atoms with Gasteiger partial charge in [0.2, 0.25) is 5.91 Å². The van der Waals surface area contributed by atoms with Crippen LogP contribution in [0.2, 0.25) is 0 Å². The van der Waals surface area contributed by atoms with Crippen LogP contribution in [0.1, 0.15) is 31.2 Å². The van der Waals surface area contributed by atoms with E-state index in [1.54, 1.807) is 0 Å². The number of anilines is 1. The molecular formula is C15H23ClN2O2. The van der Waals surface area contributed by atoms with Gasteiger partial charge in [-0.25, -0.2) is 0 Å². The number of aliphatic hydroxyl groups excluding tert-OH is 1. The van der Waals surface area contributed by atoms with Gasteiger partial charge in [-0.1, -0.05) is 12.1 Å². The van der Waals surface area contributed by atoms with Gasteiger partial charge in [0.25, 0.3) is 0 Å². The Balaban J connectivity index is 0.00000200. The minimum Gasteiger partial charge on any atom is -0.396 e. The molecule has 1 aromatic rings. The number of amides is 1. The monoisotopic (exact) mass is 298 g/mol. The average molecular weight is 299 g/mol. The lowest BCUT2D eigenvalue weighted by atomic mass is 10.1. The van der Waals surface area contributed by atoms with Gasteiger partial charge in [-0.2, -0.15) is 0 Å². The zero-order valence-corrected chi connectivity index (χ0v) is 12.4. The highest BCUT2D eigenvalue weighted by Gasteiger charge is 2.15. The Kier molecular flexibility index (Phi) is 7.59. The fraction of sp³-hybridized carbons (Fsp3) is 0.533. The first kappa shape index (κ1) is 17.0. The summed E-state index contributed by atoms with van der Waals surface area (Å²) in [7, 11) is 0. The standard InChI is InChI=1S/C15H22N2O2.ClH/c18-11-9-12-3-5-14(6-4-12)17-15(19)8-7-13-2-1-10-16-13;/h3-6,13,16,18H,1-2,7-11H2,(H,17,19);1H. The van der Waals surface area contributed by atoms with Gasteiger partial charge in [-0.3, -0.25) is 4.79 Å². The number of rotatable bonds is 6. The Morgan fingerprint density at radius 3 is 2.70 bits per heavy atom. The molecule has 1 heterocycles. The van der Waals surface area contributed by atoms with E-state index in [-0.39, 0.29) is 24.9 Å². The highest BCUT2D eigenvalue weighted by Crippen LogP contribution is 2.13. The highest BCUT2D eigenvalue weighted by molar-refractivity contribution is 5.90. The summed E-state index contributed by atoms with van der Waals surface area (Å²) in [5, 5.41) is 15.1. The second-order valence-corrected chi connectivity index (χ2v) is 5.05. The summed E-state index contributed by atoms with van der Waals surface area (Å²) >= 11 is 0. The maximum Gasteiger partial charge on any atom is 0.224 e. The van der Waals surface area contributed by atoms with Crippen molar-refractivity contribution in [3.8, 4) is 0 Å². The lowest BCUT2D eigenvalue weighted by molar-refractivity contribution is -0.116.